The van der Waals surface area contributed by atoms with Gasteiger partial charge >= 0.3 is 0 Å². The van der Waals surface area contributed by atoms with E-state index in [0.717, 1.165) is 19.6 Å². The van der Waals surface area contributed by atoms with Crippen molar-refractivity contribution < 1.29 is 0 Å². The molecule has 1 fully saturated rings. The number of hydrogen-bond donors (Lipinski definition) is 1. The molecule has 1 atom stereocenters. The molecule has 1 saturated heterocycles. The molecule has 94 valence electrons. The molecule has 0 radical (unpaired) electrons. The summed E-state index contributed by atoms with van der Waals surface area (Å²) < 4.78 is 0. The second kappa shape index (κ2) is 5.80. The van der Waals surface area contributed by atoms with E-state index >= 15 is 0 Å². The van der Waals surface area contributed by atoms with Crippen LogP contribution in [0.25, 0.3) is 0 Å². The lowest BCUT2D eigenvalue weighted by Crippen LogP contribution is -2.22. The van der Waals surface area contributed by atoms with Crippen molar-refractivity contribution in [2.24, 2.45) is 5.92 Å². The van der Waals surface area contributed by atoms with Gasteiger partial charge in [-0.25, -0.2) is 0 Å². The van der Waals surface area contributed by atoms with Gasteiger partial charge in [0.1, 0.15) is 0 Å². The van der Waals surface area contributed by atoms with Crippen LogP contribution in [-0.2, 0) is 0 Å². The van der Waals surface area contributed by atoms with E-state index in [9.17, 15) is 0 Å². The second-order valence-electron chi connectivity index (χ2n) is 4.15. The highest BCUT2D eigenvalue weighted by molar-refractivity contribution is 6.32. The number of likely N-dealkylation sites (tertiary alicyclic amines) is 1. The Morgan fingerprint density at radius 3 is 2.94 bits per heavy atom. The third kappa shape index (κ3) is 3.40. The molecular weight excluding hydrogens is 261 g/mol. The Hall–Kier alpha value is -0.650. The molecule has 1 aromatic heterocycles. The summed E-state index contributed by atoms with van der Waals surface area (Å²) in [5.41, 5.74) is 0. The first-order valence-electron chi connectivity index (χ1n) is 5.71. The van der Waals surface area contributed by atoms with Crippen molar-refractivity contribution >= 4 is 29.0 Å². The molecule has 0 bridgehead atoms. The van der Waals surface area contributed by atoms with Crippen LogP contribution in [-0.4, -0.2) is 46.3 Å². The third-order valence-corrected chi connectivity index (χ3v) is 3.41. The Labute approximate surface area is 111 Å². The van der Waals surface area contributed by atoms with Crippen molar-refractivity contribution in [3.63, 3.8) is 0 Å². The summed E-state index contributed by atoms with van der Waals surface area (Å²) in [5.74, 6) is 1.14. The average molecular weight is 276 g/mol. The zero-order valence-corrected chi connectivity index (χ0v) is 11.2. The number of aromatic nitrogens is 3. The molecule has 0 amide bonds. The lowest BCUT2D eigenvalue weighted by atomic mass is 10.1. The molecule has 1 unspecified atom stereocenters. The summed E-state index contributed by atoms with van der Waals surface area (Å²) in [4.78, 5) is 6.44. The summed E-state index contributed by atoms with van der Waals surface area (Å²) in [7, 11) is 0. The van der Waals surface area contributed by atoms with Gasteiger partial charge in [-0.3, -0.25) is 0 Å². The van der Waals surface area contributed by atoms with Crippen LogP contribution in [0.1, 0.15) is 13.3 Å². The highest BCUT2D eigenvalue weighted by atomic mass is 35.5. The van der Waals surface area contributed by atoms with E-state index in [1.54, 1.807) is 0 Å². The minimum absolute atomic E-state index is 0.110. The Bertz CT molecular complexity index is 387. The van der Waals surface area contributed by atoms with E-state index in [1.165, 1.54) is 13.0 Å². The van der Waals surface area contributed by atoms with Crippen LogP contribution >= 0.6 is 23.2 Å². The Morgan fingerprint density at radius 2 is 2.24 bits per heavy atom. The van der Waals surface area contributed by atoms with Gasteiger partial charge in [-0.05, 0) is 37.0 Å². The number of hydrogen-bond acceptors (Lipinski definition) is 5. The van der Waals surface area contributed by atoms with Gasteiger partial charge in [0.25, 0.3) is 0 Å². The molecule has 1 aromatic rings. The second-order valence-corrected chi connectivity index (χ2v) is 4.85. The Morgan fingerprint density at radius 1 is 1.41 bits per heavy atom. The SMILES string of the molecule is CCN1CCC(CNc2nc(Cl)nnc2Cl)C1. The third-order valence-electron chi connectivity index (χ3n) is 3.00. The summed E-state index contributed by atoms with van der Waals surface area (Å²) in [6.45, 7) is 6.41. The van der Waals surface area contributed by atoms with E-state index in [4.69, 9.17) is 23.2 Å². The van der Waals surface area contributed by atoms with Crippen molar-refractivity contribution in [2.75, 3.05) is 31.5 Å². The van der Waals surface area contributed by atoms with E-state index < -0.39 is 0 Å². The van der Waals surface area contributed by atoms with Crippen LogP contribution in [0.15, 0.2) is 0 Å². The lowest BCUT2D eigenvalue weighted by molar-refractivity contribution is 0.345. The summed E-state index contributed by atoms with van der Waals surface area (Å²) in [5, 5.41) is 10.8. The van der Waals surface area contributed by atoms with E-state index in [0.29, 0.717) is 11.7 Å². The molecule has 0 spiro atoms. The first kappa shape index (κ1) is 12.8. The first-order chi connectivity index (χ1) is 8.19. The van der Waals surface area contributed by atoms with Gasteiger partial charge in [0.2, 0.25) is 5.28 Å². The van der Waals surface area contributed by atoms with Crippen LogP contribution in [0.3, 0.4) is 0 Å². The number of nitrogens with one attached hydrogen (secondary N) is 1. The number of nitrogens with zero attached hydrogens (tertiary/aromatic N) is 4. The number of anilines is 1. The van der Waals surface area contributed by atoms with Crippen LogP contribution in [0.4, 0.5) is 5.82 Å². The molecule has 2 heterocycles. The zero-order valence-electron chi connectivity index (χ0n) is 9.66. The molecule has 17 heavy (non-hydrogen) atoms. The van der Waals surface area contributed by atoms with Gasteiger partial charge < -0.3 is 10.2 Å². The van der Waals surface area contributed by atoms with Crippen LogP contribution in [0, 0.1) is 5.92 Å². The smallest absolute Gasteiger partial charge is 0.245 e. The maximum absolute atomic E-state index is 5.87. The highest BCUT2D eigenvalue weighted by Gasteiger charge is 2.21. The highest BCUT2D eigenvalue weighted by Crippen LogP contribution is 2.20. The number of halogens is 2. The van der Waals surface area contributed by atoms with Gasteiger partial charge in [-0.2, -0.15) is 4.98 Å². The largest absolute Gasteiger partial charge is 0.367 e. The minimum Gasteiger partial charge on any atom is -0.367 e. The quantitative estimate of drug-likeness (QED) is 0.910. The average Bonchev–Trinajstić information content (AvgIpc) is 2.78. The molecule has 0 aliphatic carbocycles. The Balaban J connectivity index is 1.88. The van der Waals surface area contributed by atoms with Crippen molar-refractivity contribution in [1.82, 2.24) is 20.1 Å². The Kier molecular flexibility index (Phi) is 4.36. The predicted molar refractivity (Wildman–Crippen MR) is 68.6 cm³/mol. The molecular formula is C10H15Cl2N5. The van der Waals surface area contributed by atoms with E-state index in [-0.39, 0.29) is 10.4 Å². The van der Waals surface area contributed by atoms with E-state index in [2.05, 4.69) is 32.3 Å². The monoisotopic (exact) mass is 275 g/mol. The number of rotatable bonds is 4. The first-order valence-corrected chi connectivity index (χ1v) is 6.46. The van der Waals surface area contributed by atoms with Crippen LogP contribution in [0.5, 0.6) is 0 Å². The molecule has 0 saturated carbocycles. The van der Waals surface area contributed by atoms with Crippen molar-refractivity contribution in [1.29, 1.82) is 0 Å². The van der Waals surface area contributed by atoms with Gasteiger partial charge in [0.15, 0.2) is 11.0 Å². The minimum atomic E-state index is 0.110. The standard InChI is InChI=1S/C10H15Cl2N5/c1-2-17-4-3-7(6-17)5-13-9-8(11)15-16-10(12)14-9/h7H,2-6H2,1H3,(H,13,14,16). The van der Waals surface area contributed by atoms with Crippen LogP contribution < -0.4 is 5.32 Å². The molecule has 0 aromatic carbocycles. The fourth-order valence-corrected chi connectivity index (χ4v) is 2.28. The molecule has 5 nitrogen and oxygen atoms in total. The normalized spacial score (nSPS) is 20.8. The lowest BCUT2D eigenvalue weighted by Gasteiger charge is -2.14. The van der Waals surface area contributed by atoms with Crippen molar-refractivity contribution in [3.8, 4) is 0 Å². The van der Waals surface area contributed by atoms with E-state index in [1.807, 2.05) is 0 Å². The van der Waals surface area contributed by atoms with Gasteiger partial charge in [-0.15, -0.1) is 10.2 Å². The molecule has 7 heteroatoms. The molecule has 1 aliphatic rings. The fraction of sp³-hybridized carbons (Fsp3) is 0.700. The fourth-order valence-electron chi connectivity index (χ4n) is 2.01. The van der Waals surface area contributed by atoms with Gasteiger partial charge in [0, 0.05) is 13.1 Å². The molecule has 1 aliphatic heterocycles. The summed E-state index contributed by atoms with van der Waals surface area (Å²) >= 11 is 11.5. The summed E-state index contributed by atoms with van der Waals surface area (Å²) in [6, 6.07) is 0. The van der Waals surface area contributed by atoms with Crippen molar-refractivity contribution in [3.05, 3.63) is 10.4 Å². The maximum Gasteiger partial charge on any atom is 0.245 e. The maximum atomic E-state index is 5.87. The predicted octanol–water partition coefficient (Wildman–Crippen LogP) is 1.93. The molecule has 2 rings (SSSR count). The van der Waals surface area contributed by atoms with Crippen molar-refractivity contribution in [2.45, 2.75) is 13.3 Å². The van der Waals surface area contributed by atoms with Gasteiger partial charge in [-0.1, -0.05) is 18.5 Å². The van der Waals surface area contributed by atoms with Crippen LogP contribution in [0.2, 0.25) is 10.4 Å². The topological polar surface area (TPSA) is 53.9 Å². The van der Waals surface area contributed by atoms with Gasteiger partial charge in [0.05, 0.1) is 0 Å². The zero-order chi connectivity index (χ0) is 12.3. The molecule has 1 N–H and O–H groups in total. The summed E-state index contributed by atoms with van der Waals surface area (Å²) in [6.07, 6.45) is 1.20.